The molecule has 0 saturated heterocycles. The van der Waals surface area contributed by atoms with Gasteiger partial charge in [0.1, 0.15) is 23.0 Å². The lowest BCUT2D eigenvalue weighted by Gasteiger charge is -2.11. The third kappa shape index (κ3) is 4.63. The first-order valence-electron chi connectivity index (χ1n) is 9.99. The van der Waals surface area contributed by atoms with Gasteiger partial charge in [-0.2, -0.15) is 13.2 Å². The highest BCUT2D eigenvalue weighted by molar-refractivity contribution is 5.92. The number of carbonyl (C=O) groups excluding carboxylic acids is 1. The van der Waals surface area contributed by atoms with Gasteiger partial charge in [0.15, 0.2) is 0 Å². The fourth-order valence-corrected chi connectivity index (χ4v) is 3.23. The molecule has 2 heterocycles. The van der Waals surface area contributed by atoms with Crippen molar-refractivity contribution in [2.24, 2.45) is 7.05 Å². The zero-order valence-electron chi connectivity index (χ0n) is 18.3. The van der Waals surface area contributed by atoms with E-state index in [0.717, 1.165) is 6.07 Å². The molecule has 2 aromatic carbocycles. The number of ether oxygens (including phenoxy) is 1. The maximum atomic E-state index is 14.2. The van der Waals surface area contributed by atoms with E-state index in [1.807, 2.05) is 0 Å². The van der Waals surface area contributed by atoms with Crippen LogP contribution in [-0.2, 0) is 13.2 Å². The molecule has 0 atom stereocenters. The summed E-state index contributed by atoms with van der Waals surface area (Å²) < 4.78 is 60.6. The van der Waals surface area contributed by atoms with Gasteiger partial charge in [0.25, 0.3) is 5.91 Å². The van der Waals surface area contributed by atoms with Gasteiger partial charge in [0, 0.05) is 39.5 Å². The van der Waals surface area contributed by atoms with Crippen LogP contribution >= 0.6 is 0 Å². The van der Waals surface area contributed by atoms with E-state index in [-0.39, 0.29) is 23.2 Å². The summed E-state index contributed by atoms with van der Waals surface area (Å²) >= 11 is 0. The Morgan fingerprint density at radius 3 is 2.50 bits per heavy atom. The lowest BCUT2D eigenvalue weighted by Crippen LogP contribution is -2.22. The molecule has 1 amide bonds. The number of hydrogen-bond donors (Lipinski definition) is 1. The molecule has 0 aliphatic heterocycles. The number of anilines is 2. The molecule has 0 aliphatic carbocycles. The van der Waals surface area contributed by atoms with Crippen LogP contribution in [0, 0.1) is 5.82 Å². The number of aryl methyl sites for hydroxylation is 1. The number of imidazole rings is 1. The highest BCUT2D eigenvalue weighted by Gasteiger charge is 2.31. The van der Waals surface area contributed by atoms with E-state index in [9.17, 15) is 22.4 Å². The van der Waals surface area contributed by atoms with Crippen LogP contribution in [0.3, 0.4) is 0 Å². The zero-order chi connectivity index (χ0) is 24.6. The SMILES string of the molecule is CN(C)C(=O)c1cc(Oc2ccc3c(c2)nc(Nc2cc(C(F)(F)F)ccc2F)n3C)ccn1. The summed E-state index contributed by atoms with van der Waals surface area (Å²) in [6, 6.07) is 10.2. The van der Waals surface area contributed by atoms with E-state index in [0.29, 0.717) is 34.7 Å². The van der Waals surface area contributed by atoms with Crippen LogP contribution in [0.15, 0.2) is 54.7 Å². The van der Waals surface area contributed by atoms with Crippen molar-refractivity contribution in [1.29, 1.82) is 0 Å². The first kappa shape index (κ1) is 23.0. The summed E-state index contributed by atoms with van der Waals surface area (Å²) in [7, 11) is 4.87. The minimum Gasteiger partial charge on any atom is -0.457 e. The van der Waals surface area contributed by atoms with Crippen LogP contribution in [0.2, 0.25) is 0 Å². The highest BCUT2D eigenvalue weighted by Crippen LogP contribution is 2.33. The molecule has 4 rings (SSSR count). The molecule has 0 unspecified atom stereocenters. The molecule has 11 heteroatoms. The van der Waals surface area contributed by atoms with E-state index in [1.54, 1.807) is 50.0 Å². The number of aromatic nitrogens is 3. The van der Waals surface area contributed by atoms with E-state index >= 15 is 0 Å². The highest BCUT2D eigenvalue weighted by atomic mass is 19.4. The van der Waals surface area contributed by atoms with Crippen LogP contribution < -0.4 is 10.1 Å². The second-order valence-electron chi connectivity index (χ2n) is 7.64. The molecule has 176 valence electrons. The lowest BCUT2D eigenvalue weighted by molar-refractivity contribution is -0.137. The van der Waals surface area contributed by atoms with Crippen molar-refractivity contribution in [2.75, 3.05) is 19.4 Å². The minimum absolute atomic E-state index is 0.146. The summed E-state index contributed by atoms with van der Waals surface area (Å²) in [6.45, 7) is 0. The number of halogens is 4. The molecule has 0 spiro atoms. The fourth-order valence-electron chi connectivity index (χ4n) is 3.23. The van der Waals surface area contributed by atoms with Crippen LogP contribution in [0.1, 0.15) is 16.1 Å². The lowest BCUT2D eigenvalue weighted by atomic mass is 10.2. The van der Waals surface area contributed by atoms with Gasteiger partial charge in [-0.3, -0.25) is 9.78 Å². The molecule has 1 N–H and O–H groups in total. The van der Waals surface area contributed by atoms with Crippen LogP contribution in [0.25, 0.3) is 11.0 Å². The summed E-state index contributed by atoms with van der Waals surface area (Å²) in [6.07, 6.45) is -3.15. The summed E-state index contributed by atoms with van der Waals surface area (Å²) in [5.41, 5.74) is -0.000110. The van der Waals surface area contributed by atoms with Crippen molar-refractivity contribution in [2.45, 2.75) is 6.18 Å². The molecule has 2 aromatic heterocycles. The van der Waals surface area contributed by atoms with Gasteiger partial charge in [-0.25, -0.2) is 9.37 Å². The number of pyridine rings is 1. The average Bonchev–Trinajstić information content (AvgIpc) is 3.08. The summed E-state index contributed by atoms with van der Waals surface area (Å²) in [5, 5.41) is 2.63. The first-order valence-corrected chi connectivity index (χ1v) is 9.99. The van der Waals surface area contributed by atoms with Gasteiger partial charge in [-0.05, 0) is 36.4 Å². The monoisotopic (exact) mass is 473 g/mol. The first-order chi connectivity index (χ1) is 16.0. The standard InChI is InChI=1S/C23H19F4N5O2/c1-31(2)21(33)19-12-15(8-9-28-19)34-14-5-7-20-18(11-14)30-22(32(20)3)29-17-10-13(23(25,26)27)4-6-16(17)24/h4-12H,1-3H3,(H,29,30). The molecule has 0 saturated carbocycles. The van der Waals surface area contributed by atoms with Crippen molar-refractivity contribution >= 4 is 28.6 Å². The summed E-state index contributed by atoms with van der Waals surface area (Å²) in [5.74, 6) is -0.169. The van der Waals surface area contributed by atoms with Crippen molar-refractivity contribution in [3.05, 3.63) is 71.8 Å². The largest absolute Gasteiger partial charge is 0.457 e. The van der Waals surface area contributed by atoms with Gasteiger partial charge in [-0.15, -0.1) is 0 Å². The number of nitrogens with zero attached hydrogens (tertiary/aromatic N) is 4. The van der Waals surface area contributed by atoms with Crippen LogP contribution in [0.4, 0.5) is 29.2 Å². The number of benzene rings is 2. The Bertz CT molecular complexity index is 1380. The predicted molar refractivity (Wildman–Crippen MR) is 118 cm³/mol. The number of hydrogen-bond acceptors (Lipinski definition) is 5. The maximum Gasteiger partial charge on any atom is 0.416 e. The van der Waals surface area contributed by atoms with Gasteiger partial charge < -0.3 is 19.5 Å². The van der Waals surface area contributed by atoms with Gasteiger partial charge in [0.2, 0.25) is 5.95 Å². The topological polar surface area (TPSA) is 72.3 Å². The summed E-state index contributed by atoms with van der Waals surface area (Å²) in [4.78, 5) is 21.9. The number of rotatable bonds is 5. The van der Waals surface area contributed by atoms with Crippen LogP contribution in [-0.4, -0.2) is 39.4 Å². The number of alkyl halides is 3. The average molecular weight is 473 g/mol. The Morgan fingerprint density at radius 2 is 1.79 bits per heavy atom. The van der Waals surface area contributed by atoms with E-state index < -0.39 is 17.6 Å². The maximum absolute atomic E-state index is 14.2. The zero-order valence-corrected chi connectivity index (χ0v) is 18.3. The van der Waals surface area contributed by atoms with E-state index in [4.69, 9.17) is 4.74 Å². The smallest absolute Gasteiger partial charge is 0.416 e. The Hall–Kier alpha value is -4.15. The second-order valence-corrected chi connectivity index (χ2v) is 7.64. The molecule has 0 aliphatic rings. The molecule has 7 nitrogen and oxygen atoms in total. The number of carbonyl (C=O) groups is 1. The molecular weight excluding hydrogens is 454 g/mol. The number of amides is 1. The Kier molecular flexibility index (Phi) is 5.86. The Morgan fingerprint density at radius 1 is 1.06 bits per heavy atom. The Balaban J connectivity index is 1.61. The molecule has 0 radical (unpaired) electrons. The van der Waals surface area contributed by atoms with Crippen molar-refractivity contribution in [3.63, 3.8) is 0 Å². The third-order valence-electron chi connectivity index (χ3n) is 4.98. The number of nitrogens with one attached hydrogen (secondary N) is 1. The van der Waals surface area contributed by atoms with E-state index in [1.165, 1.54) is 17.2 Å². The fraction of sp³-hybridized carbons (Fsp3) is 0.174. The van der Waals surface area contributed by atoms with Gasteiger partial charge in [0.05, 0.1) is 22.3 Å². The molecular formula is C23H19F4N5O2. The number of fused-ring (bicyclic) bond motifs is 1. The van der Waals surface area contributed by atoms with Gasteiger partial charge in [-0.1, -0.05) is 0 Å². The van der Waals surface area contributed by atoms with Crippen molar-refractivity contribution in [3.8, 4) is 11.5 Å². The van der Waals surface area contributed by atoms with Crippen molar-refractivity contribution < 1.29 is 27.1 Å². The molecule has 4 aromatic rings. The van der Waals surface area contributed by atoms with Crippen molar-refractivity contribution in [1.82, 2.24) is 19.4 Å². The van der Waals surface area contributed by atoms with Crippen LogP contribution in [0.5, 0.6) is 11.5 Å². The second kappa shape index (κ2) is 8.65. The van der Waals surface area contributed by atoms with Gasteiger partial charge >= 0.3 is 6.18 Å². The quantitative estimate of drug-likeness (QED) is 0.395. The normalized spacial score (nSPS) is 11.5. The third-order valence-corrected chi connectivity index (χ3v) is 4.98. The predicted octanol–water partition coefficient (Wildman–Crippen LogP) is 5.36. The Labute approximate surface area is 191 Å². The molecule has 0 fully saturated rings. The molecule has 0 bridgehead atoms. The molecule has 34 heavy (non-hydrogen) atoms. The minimum atomic E-state index is -4.60. The van der Waals surface area contributed by atoms with E-state index in [2.05, 4.69) is 15.3 Å².